The summed E-state index contributed by atoms with van der Waals surface area (Å²) < 4.78 is 0. The molecule has 3 fully saturated rings. The van der Waals surface area contributed by atoms with Crippen molar-refractivity contribution in [1.29, 1.82) is 0 Å². The summed E-state index contributed by atoms with van der Waals surface area (Å²) in [5.41, 5.74) is 0.657. The fraction of sp³-hybridized carbons (Fsp3) is 1.00. The molecule has 0 amide bonds. The Labute approximate surface area is 132 Å². The molecule has 0 bridgehead atoms. The number of hydrogen-bond donors (Lipinski definition) is 1. The van der Waals surface area contributed by atoms with Crippen molar-refractivity contribution in [3.8, 4) is 0 Å². The lowest BCUT2D eigenvalue weighted by Crippen LogP contribution is -2.49. The Morgan fingerprint density at radius 2 is 1.76 bits per heavy atom. The van der Waals surface area contributed by atoms with Crippen LogP contribution in [0.15, 0.2) is 0 Å². The average Bonchev–Trinajstić information content (AvgIpc) is 3.36. The molecule has 0 aromatic rings. The summed E-state index contributed by atoms with van der Waals surface area (Å²) in [5, 5.41) is 3.54. The molecule has 2 heterocycles. The van der Waals surface area contributed by atoms with E-state index in [4.69, 9.17) is 0 Å². The van der Waals surface area contributed by atoms with Gasteiger partial charge in [-0.3, -0.25) is 4.90 Å². The van der Waals surface area contributed by atoms with Crippen LogP contribution in [0.1, 0.15) is 71.6 Å². The average molecular weight is 293 g/mol. The Bertz CT molecular complexity index is 310. The van der Waals surface area contributed by atoms with E-state index in [9.17, 15) is 0 Å². The summed E-state index contributed by atoms with van der Waals surface area (Å²) in [6, 6.07) is 0. The number of hydrogen-bond acceptors (Lipinski definition) is 2. The molecule has 2 saturated heterocycles. The largest absolute Gasteiger partial charge is 0.317 e. The lowest BCUT2D eigenvalue weighted by atomic mass is 9.83. The molecule has 0 aromatic carbocycles. The van der Waals surface area contributed by atoms with E-state index < -0.39 is 0 Å². The predicted octanol–water partition coefficient (Wildman–Crippen LogP) is 4.06. The molecule has 0 aromatic heterocycles. The summed E-state index contributed by atoms with van der Waals surface area (Å²) in [6.07, 6.45) is 13.1. The standard InChI is InChI=1S/C19H36N2/c1-3-16(2)4-5-17-8-14-21(15-9-17)19(10-11-19)18-6-12-20-13-7-18/h16-18,20H,3-15H2,1-2H3. The van der Waals surface area contributed by atoms with E-state index in [-0.39, 0.29) is 0 Å². The summed E-state index contributed by atoms with van der Waals surface area (Å²) in [4.78, 5) is 2.92. The molecular weight excluding hydrogens is 256 g/mol. The van der Waals surface area contributed by atoms with Crippen LogP contribution in [0.25, 0.3) is 0 Å². The Morgan fingerprint density at radius 3 is 2.33 bits per heavy atom. The van der Waals surface area contributed by atoms with Gasteiger partial charge in [0.2, 0.25) is 0 Å². The second-order valence-corrected chi connectivity index (χ2v) is 8.15. The van der Waals surface area contributed by atoms with Gasteiger partial charge in [-0.25, -0.2) is 0 Å². The SMILES string of the molecule is CCC(C)CCC1CCN(C2(C3CCNCC3)CC2)CC1. The van der Waals surface area contributed by atoms with E-state index >= 15 is 0 Å². The van der Waals surface area contributed by atoms with Gasteiger partial charge >= 0.3 is 0 Å². The van der Waals surface area contributed by atoms with Crippen molar-refractivity contribution < 1.29 is 0 Å². The molecule has 1 atom stereocenters. The van der Waals surface area contributed by atoms with Crippen molar-refractivity contribution in [2.45, 2.75) is 77.2 Å². The zero-order valence-electron chi connectivity index (χ0n) is 14.4. The minimum absolute atomic E-state index is 0.657. The Balaban J connectivity index is 1.45. The molecule has 0 radical (unpaired) electrons. The molecule has 2 heteroatoms. The van der Waals surface area contributed by atoms with E-state index in [1.54, 1.807) is 0 Å². The highest BCUT2D eigenvalue weighted by Crippen LogP contribution is 2.52. The van der Waals surface area contributed by atoms with Gasteiger partial charge in [0.05, 0.1) is 0 Å². The van der Waals surface area contributed by atoms with E-state index in [1.807, 2.05) is 0 Å². The van der Waals surface area contributed by atoms with Crippen molar-refractivity contribution in [2.24, 2.45) is 17.8 Å². The normalized spacial score (nSPS) is 29.4. The van der Waals surface area contributed by atoms with Crippen LogP contribution >= 0.6 is 0 Å². The smallest absolute Gasteiger partial charge is 0.0240 e. The van der Waals surface area contributed by atoms with Gasteiger partial charge in [0.25, 0.3) is 0 Å². The van der Waals surface area contributed by atoms with Gasteiger partial charge in [0, 0.05) is 5.54 Å². The number of likely N-dealkylation sites (tertiary alicyclic amines) is 1. The Kier molecular flexibility index (Phi) is 5.27. The summed E-state index contributed by atoms with van der Waals surface area (Å²) >= 11 is 0. The summed E-state index contributed by atoms with van der Waals surface area (Å²) in [5.74, 6) is 2.96. The van der Waals surface area contributed by atoms with Crippen LogP contribution in [0.3, 0.4) is 0 Å². The first-order chi connectivity index (χ1) is 10.2. The highest BCUT2D eigenvalue weighted by molar-refractivity contribution is 5.09. The van der Waals surface area contributed by atoms with E-state index in [1.165, 1.54) is 84.0 Å². The highest BCUT2D eigenvalue weighted by atomic mass is 15.2. The van der Waals surface area contributed by atoms with Crippen molar-refractivity contribution in [3.63, 3.8) is 0 Å². The molecule has 3 aliphatic rings. The molecule has 1 aliphatic carbocycles. The van der Waals surface area contributed by atoms with Crippen LogP contribution in [-0.2, 0) is 0 Å². The molecule has 21 heavy (non-hydrogen) atoms. The number of nitrogens with one attached hydrogen (secondary N) is 1. The van der Waals surface area contributed by atoms with Crippen LogP contribution in [0.4, 0.5) is 0 Å². The lowest BCUT2D eigenvalue weighted by Gasteiger charge is -2.43. The van der Waals surface area contributed by atoms with Gasteiger partial charge in [-0.1, -0.05) is 33.1 Å². The van der Waals surface area contributed by atoms with Gasteiger partial charge in [-0.05, 0) is 82.5 Å². The van der Waals surface area contributed by atoms with Crippen molar-refractivity contribution in [3.05, 3.63) is 0 Å². The number of rotatable bonds is 6. The second kappa shape index (κ2) is 7.00. The van der Waals surface area contributed by atoms with Crippen molar-refractivity contribution >= 4 is 0 Å². The van der Waals surface area contributed by atoms with Crippen LogP contribution in [-0.4, -0.2) is 36.6 Å². The quantitative estimate of drug-likeness (QED) is 0.794. The first-order valence-corrected chi connectivity index (χ1v) is 9.70. The highest BCUT2D eigenvalue weighted by Gasteiger charge is 2.53. The predicted molar refractivity (Wildman–Crippen MR) is 90.5 cm³/mol. The van der Waals surface area contributed by atoms with Gasteiger partial charge < -0.3 is 5.32 Å². The van der Waals surface area contributed by atoms with E-state index in [2.05, 4.69) is 24.1 Å². The monoisotopic (exact) mass is 292 g/mol. The molecule has 3 rings (SSSR count). The molecule has 2 nitrogen and oxygen atoms in total. The Hall–Kier alpha value is -0.0800. The van der Waals surface area contributed by atoms with Crippen LogP contribution in [0.5, 0.6) is 0 Å². The Morgan fingerprint density at radius 1 is 1.10 bits per heavy atom. The number of nitrogens with zero attached hydrogens (tertiary/aromatic N) is 1. The maximum atomic E-state index is 3.54. The van der Waals surface area contributed by atoms with E-state index in [0.29, 0.717) is 5.54 Å². The number of piperidine rings is 2. The van der Waals surface area contributed by atoms with Gasteiger partial charge in [-0.2, -0.15) is 0 Å². The molecule has 0 spiro atoms. The summed E-state index contributed by atoms with van der Waals surface area (Å²) in [6.45, 7) is 10.1. The fourth-order valence-corrected chi connectivity index (χ4v) is 4.86. The first kappa shape index (κ1) is 15.8. The van der Waals surface area contributed by atoms with Gasteiger partial charge in [-0.15, -0.1) is 0 Å². The molecule has 1 unspecified atom stereocenters. The second-order valence-electron chi connectivity index (χ2n) is 8.15. The maximum absolute atomic E-state index is 3.54. The first-order valence-electron chi connectivity index (χ1n) is 9.70. The molecule has 1 N–H and O–H groups in total. The third kappa shape index (κ3) is 3.64. The fourth-order valence-electron chi connectivity index (χ4n) is 4.86. The zero-order valence-corrected chi connectivity index (χ0v) is 14.4. The maximum Gasteiger partial charge on any atom is 0.0240 e. The van der Waals surface area contributed by atoms with Gasteiger partial charge in [0.15, 0.2) is 0 Å². The molecule has 122 valence electrons. The van der Waals surface area contributed by atoms with Crippen molar-refractivity contribution in [1.82, 2.24) is 10.2 Å². The lowest BCUT2D eigenvalue weighted by molar-refractivity contribution is 0.0615. The van der Waals surface area contributed by atoms with E-state index in [0.717, 1.165) is 17.8 Å². The third-order valence-corrected chi connectivity index (χ3v) is 6.87. The van der Waals surface area contributed by atoms with Crippen LogP contribution < -0.4 is 5.32 Å². The molecule has 2 aliphatic heterocycles. The minimum Gasteiger partial charge on any atom is -0.317 e. The molecular formula is C19H36N2. The zero-order chi connectivity index (χ0) is 14.7. The topological polar surface area (TPSA) is 15.3 Å². The van der Waals surface area contributed by atoms with Gasteiger partial charge in [0.1, 0.15) is 0 Å². The summed E-state index contributed by atoms with van der Waals surface area (Å²) in [7, 11) is 0. The molecule has 1 saturated carbocycles. The van der Waals surface area contributed by atoms with Crippen molar-refractivity contribution in [2.75, 3.05) is 26.2 Å². The third-order valence-electron chi connectivity index (χ3n) is 6.87. The van der Waals surface area contributed by atoms with Crippen LogP contribution in [0.2, 0.25) is 0 Å². The minimum atomic E-state index is 0.657. The van der Waals surface area contributed by atoms with Crippen LogP contribution in [0, 0.1) is 17.8 Å².